The second-order valence-electron chi connectivity index (χ2n) is 5.10. The van der Waals surface area contributed by atoms with Crippen molar-refractivity contribution >= 4 is 11.7 Å². The maximum absolute atomic E-state index is 13.6. The van der Waals surface area contributed by atoms with Crippen molar-refractivity contribution in [1.82, 2.24) is 10.2 Å². The Morgan fingerprint density at radius 2 is 1.83 bits per heavy atom. The molecule has 1 aromatic heterocycles. The second-order valence-corrected chi connectivity index (χ2v) is 5.10. The number of carbonyl (C=O) groups is 1. The molecule has 0 aliphatic carbocycles. The zero-order chi connectivity index (χ0) is 17.1. The Morgan fingerprint density at radius 3 is 2.58 bits per heavy atom. The first kappa shape index (κ1) is 15.8. The van der Waals surface area contributed by atoms with Gasteiger partial charge in [0.05, 0.1) is 12.6 Å². The lowest BCUT2D eigenvalue weighted by Gasteiger charge is -2.07. The molecule has 0 atom stereocenters. The highest BCUT2D eigenvalue weighted by Crippen LogP contribution is 2.26. The number of hydrogen-bond acceptors (Lipinski definition) is 2. The van der Waals surface area contributed by atoms with Gasteiger partial charge in [-0.15, -0.1) is 0 Å². The van der Waals surface area contributed by atoms with E-state index in [-0.39, 0.29) is 17.8 Å². The van der Waals surface area contributed by atoms with Crippen LogP contribution in [0.15, 0.2) is 48.7 Å². The summed E-state index contributed by atoms with van der Waals surface area (Å²) in [7, 11) is 0. The maximum atomic E-state index is 13.6. The monoisotopic (exact) mass is 331 g/mol. The highest BCUT2D eigenvalue weighted by Gasteiger charge is 2.14. The van der Waals surface area contributed by atoms with Gasteiger partial charge in [0.15, 0.2) is 11.6 Å². The van der Waals surface area contributed by atoms with Crippen LogP contribution < -0.4 is 5.32 Å². The van der Waals surface area contributed by atoms with Crippen LogP contribution >= 0.6 is 0 Å². The molecule has 0 radical (unpaired) electrons. The fourth-order valence-electron chi connectivity index (χ4n) is 2.27. The number of halogens is 3. The van der Waals surface area contributed by atoms with Crippen molar-refractivity contribution in [3.63, 3.8) is 0 Å². The minimum Gasteiger partial charge on any atom is -0.310 e. The van der Waals surface area contributed by atoms with Crippen LogP contribution in [0.5, 0.6) is 0 Å². The Balaban J connectivity index is 1.77. The smallest absolute Gasteiger partial charge is 0.230 e. The zero-order valence-corrected chi connectivity index (χ0v) is 12.3. The van der Waals surface area contributed by atoms with Gasteiger partial charge >= 0.3 is 0 Å². The maximum Gasteiger partial charge on any atom is 0.230 e. The largest absolute Gasteiger partial charge is 0.310 e. The highest BCUT2D eigenvalue weighted by atomic mass is 19.2. The Hall–Kier alpha value is -3.09. The Labute approximate surface area is 135 Å². The first-order valence-corrected chi connectivity index (χ1v) is 7.06. The van der Waals surface area contributed by atoms with Crippen molar-refractivity contribution in [1.29, 1.82) is 0 Å². The first-order valence-electron chi connectivity index (χ1n) is 7.06. The molecule has 1 heterocycles. The van der Waals surface area contributed by atoms with E-state index in [9.17, 15) is 18.0 Å². The number of benzene rings is 2. The number of carbonyl (C=O) groups excluding carboxylic acids is 1. The van der Waals surface area contributed by atoms with Crippen molar-refractivity contribution in [3.05, 3.63) is 71.7 Å². The molecule has 0 aliphatic heterocycles. The molecule has 0 saturated heterocycles. The standard InChI is InChI=1S/C17H12F3N3O/c18-12-6-4-10(5-7-12)13-9-21-23-17(13)22-15(24)8-11-2-1-3-14(19)16(11)20/h1-7,9H,8H2,(H2,21,22,23,24). The molecule has 2 aromatic carbocycles. The third-order valence-electron chi connectivity index (χ3n) is 3.44. The van der Waals surface area contributed by atoms with E-state index < -0.39 is 17.5 Å². The molecule has 1 amide bonds. The Bertz CT molecular complexity index is 875. The number of hydrogen-bond donors (Lipinski definition) is 2. The van der Waals surface area contributed by atoms with Gasteiger partial charge in [-0.1, -0.05) is 24.3 Å². The minimum absolute atomic E-state index is 0.0460. The van der Waals surface area contributed by atoms with Crippen molar-refractivity contribution in [2.45, 2.75) is 6.42 Å². The van der Waals surface area contributed by atoms with Gasteiger partial charge in [-0.2, -0.15) is 5.10 Å². The zero-order valence-electron chi connectivity index (χ0n) is 12.3. The minimum atomic E-state index is -1.05. The predicted octanol–water partition coefficient (Wildman–Crippen LogP) is 3.68. The molecule has 0 spiro atoms. The molecule has 0 bridgehead atoms. The summed E-state index contributed by atoms with van der Waals surface area (Å²) in [5.74, 6) is -2.67. The number of nitrogens with one attached hydrogen (secondary N) is 2. The highest BCUT2D eigenvalue weighted by molar-refractivity contribution is 5.95. The van der Waals surface area contributed by atoms with Crippen molar-refractivity contribution in [2.24, 2.45) is 0 Å². The summed E-state index contributed by atoms with van der Waals surface area (Å²) in [5.41, 5.74) is 1.16. The average Bonchev–Trinajstić information content (AvgIpc) is 3.00. The lowest BCUT2D eigenvalue weighted by molar-refractivity contribution is -0.115. The van der Waals surface area contributed by atoms with Crippen LogP contribution in [-0.2, 0) is 11.2 Å². The summed E-state index contributed by atoms with van der Waals surface area (Å²) >= 11 is 0. The van der Waals surface area contributed by atoms with Gasteiger partial charge in [0.25, 0.3) is 0 Å². The summed E-state index contributed by atoms with van der Waals surface area (Å²) in [5, 5.41) is 9.02. The van der Waals surface area contributed by atoms with Crippen LogP contribution in [0.2, 0.25) is 0 Å². The molecule has 0 aliphatic rings. The van der Waals surface area contributed by atoms with Crippen molar-refractivity contribution < 1.29 is 18.0 Å². The average molecular weight is 331 g/mol. The third-order valence-corrected chi connectivity index (χ3v) is 3.44. The van der Waals surface area contributed by atoms with E-state index in [1.54, 1.807) is 12.1 Å². The molecule has 4 nitrogen and oxygen atoms in total. The molecule has 24 heavy (non-hydrogen) atoms. The van der Waals surface area contributed by atoms with Crippen LogP contribution in [0.3, 0.4) is 0 Å². The Morgan fingerprint density at radius 1 is 1.08 bits per heavy atom. The Kier molecular flexibility index (Phi) is 4.33. The summed E-state index contributed by atoms with van der Waals surface area (Å²) < 4.78 is 39.8. The number of anilines is 1. The van der Waals surface area contributed by atoms with Gasteiger partial charge in [0, 0.05) is 11.1 Å². The molecule has 3 aromatic rings. The summed E-state index contributed by atoms with van der Waals surface area (Å²) in [6.45, 7) is 0. The van der Waals surface area contributed by atoms with E-state index in [1.165, 1.54) is 30.5 Å². The van der Waals surface area contributed by atoms with E-state index in [2.05, 4.69) is 15.5 Å². The van der Waals surface area contributed by atoms with E-state index in [4.69, 9.17) is 0 Å². The summed E-state index contributed by atoms with van der Waals surface area (Å²) in [6.07, 6.45) is 1.15. The number of amides is 1. The molecule has 0 saturated carbocycles. The number of nitrogens with zero attached hydrogens (tertiary/aromatic N) is 1. The molecule has 2 N–H and O–H groups in total. The van der Waals surface area contributed by atoms with Crippen LogP contribution in [0.1, 0.15) is 5.56 Å². The fourth-order valence-corrected chi connectivity index (χ4v) is 2.27. The molecule has 3 rings (SSSR count). The van der Waals surface area contributed by atoms with Crippen molar-refractivity contribution in [2.75, 3.05) is 5.32 Å². The predicted molar refractivity (Wildman–Crippen MR) is 82.7 cm³/mol. The van der Waals surface area contributed by atoms with Crippen LogP contribution in [-0.4, -0.2) is 16.1 Å². The lowest BCUT2D eigenvalue weighted by atomic mass is 10.1. The van der Waals surface area contributed by atoms with Crippen LogP contribution in [0.25, 0.3) is 11.1 Å². The molecule has 7 heteroatoms. The van der Waals surface area contributed by atoms with Gasteiger partial charge < -0.3 is 5.32 Å². The van der Waals surface area contributed by atoms with E-state index in [1.807, 2.05) is 0 Å². The first-order chi connectivity index (χ1) is 11.5. The quantitative estimate of drug-likeness (QED) is 0.766. The van der Waals surface area contributed by atoms with Gasteiger partial charge in [-0.25, -0.2) is 13.2 Å². The lowest BCUT2D eigenvalue weighted by Crippen LogP contribution is -2.16. The van der Waals surface area contributed by atoms with E-state index >= 15 is 0 Å². The van der Waals surface area contributed by atoms with Crippen LogP contribution in [0.4, 0.5) is 19.0 Å². The van der Waals surface area contributed by atoms with E-state index in [0.717, 1.165) is 6.07 Å². The molecule has 122 valence electrons. The normalized spacial score (nSPS) is 10.6. The molecular weight excluding hydrogens is 319 g/mol. The van der Waals surface area contributed by atoms with Gasteiger partial charge in [0.2, 0.25) is 5.91 Å². The number of aromatic nitrogens is 2. The molecule has 0 unspecified atom stereocenters. The fraction of sp³-hybridized carbons (Fsp3) is 0.0588. The van der Waals surface area contributed by atoms with Crippen molar-refractivity contribution in [3.8, 4) is 11.1 Å². The molecule has 0 fully saturated rings. The third kappa shape index (κ3) is 3.29. The SMILES string of the molecule is O=C(Cc1cccc(F)c1F)Nc1[nH]ncc1-c1ccc(F)cc1. The number of H-pyrrole nitrogens is 1. The molecular formula is C17H12F3N3O. The van der Waals surface area contributed by atoms with Gasteiger partial charge in [-0.05, 0) is 23.8 Å². The number of rotatable bonds is 4. The number of aromatic amines is 1. The summed E-state index contributed by atoms with van der Waals surface area (Å²) in [6, 6.07) is 9.32. The summed E-state index contributed by atoms with van der Waals surface area (Å²) in [4.78, 5) is 12.1. The van der Waals surface area contributed by atoms with Gasteiger partial charge in [-0.3, -0.25) is 9.89 Å². The van der Waals surface area contributed by atoms with E-state index in [0.29, 0.717) is 16.9 Å². The van der Waals surface area contributed by atoms with Gasteiger partial charge in [0.1, 0.15) is 11.6 Å². The topological polar surface area (TPSA) is 57.8 Å². The van der Waals surface area contributed by atoms with Crippen LogP contribution in [0, 0.1) is 17.5 Å². The second kappa shape index (κ2) is 6.57.